The molecule has 0 radical (unpaired) electrons. The van der Waals surface area contributed by atoms with Gasteiger partial charge in [-0.1, -0.05) is 36.4 Å². The lowest BCUT2D eigenvalue weighted by atomic mass is 10.1. The van der Waals surface area contributed by atoms with Gasteiger partial charge < -0.3 is 0 Å². The number of para-hydroxylation sites is 2. The standard InChI is InChI=1S/C42H26N4S6/c1-21-13-31-35(47-21)19-37(49-31)33-17-29-39(45-43-23-9-5-3-6-10-23)25-16-28-26(15-27(25)41(29)51-33)40(46-44-24-11-7-4-8-12-24)30-18-34(52-42(28)30)38-20-36-32(50-38)14-22(2)48-36/h3-20,43-44H,1-2H3/b45-39-,46-40-. The molecule has 0 aliphatic carbocycles. The lowest BCUT2D eigenvalue weighted by Gasteiger charge is -2.00. The molecule has 6 heterocycles. The van der Waals surface area contributed by atoms with E-state index in [1.54, 1.807) is 0 Å². The van der Waals surface area contributed by atoms with Gasteiger partial charge in [-0.05, 0) is 86.6 Å². The van der Waals surface area contributed by atoms with Crippen LogP contribution in [0.4, 0.5) is 11.4 Å². The van der Waals surface area contributed by atoms with E-state index in [4.69, 9.17) is 10.2 Å². The van der Waals surface area contributed by atoms with Crippen LogP contribution in [0.2, 0.25) is 0 Å². The van der Waals surface area contributed by atoms with Gasteiger partial charge in [0.2, 0.25) is 0 Å². The maximum atomic E-state index is 5.12. The molecule has 2 N–H and O–H groups in total. The highest BCUT2D eigenvalue weighted by Crippen LogP contribution is 2.47. The van der Waals surface area contributed by atoms with Crippen molar-refractivity contribution in [1.29, 1.82) is 0 Å². The number of hydrogen-bond acceptors (Lipinski definition) is 10. The molecule has 11 aromatic rings. The molecule has 0 spiro atoms. The second-order valence-electron chi connectivity index (χ2n) is 12.9. The molecule has 0 saturated heterocycles. The fraction of sp³-hybridized carbons (Fsp3) is 0.0476. The van der Waals surface area contributed by atoms with Crippen molar-refractivity contribution in [2.75, 3.05) is 10.9 Å². The third-order valence-corrected chi connectivity index (χ3v) is 16.6. The van der Waals surface area contributed by atoms with Gasteiger partial charge in [0.1, 0.15) is 0 Å². The highest BCUT2D eigenvalue weighted by atomic mass is 32.1. The van der Waals surface area contributed by atoms with Crippen molar-refractivity contribution in [3.05, 3.63) is 130 Å². The van der Waals surface area contributed by atoms with E-state index in [1.165, 1.54) is 79.0 Å². The molecule has 0 saturated carbocycles. The van der Waals surface area contributed by atoms with Gasteiger partial charge in [0.25, 0.3) is 0 Å². The van der Waals surface area contributed by atoms with Gasteiger partial charge in [-0.2, -0.15) is 10.2 Å². The molecule has 0 amide bonds. The minimum absolute atomic E-state index is 0.966. The molecule has 0 aliphatic heterocycles. The van der Waals surface area contributed by atoms with Crippen LogP contribution in [-0.2, 0) is 0 Å². The van der Waals surface area contributed by atoms with Gasteiger partial charge in [0, 0.05) is 89.8 Å². The predicted molar refractivity (Wildman–Crippen MR) is 233 cm³/mol. The molecule has 0 aliphatic rings. The smallest absolute Gasteiger partial charge is 0.0999 e. The summed E-state index contributed by atoms with van der Waals surface area (Å²) in [5, 5.41) is 19.3. The van der Waals surface area contributed by atoms with Crippen molar-refractivity contribution in [3.8, 4) is 19.5 Å². The fourth-order valence-electron chi connectivity index (χ4n) is 7.10. The van der Waals surface area contributed by atoms with Crippen molar-refractivity contribution < 1.29 is 0 Å². The molecule has 0 fully saturated rings. The topological polar surface area (TPSA) is 48.8 Å². The first-order valence-corrected chi connectivity index (χ1v) is 21.7. The molecule has 0 unspecified atom stereocenters. The van der Waals surface area contributed by atoms with E-state index in [2.05, 4.69) is 97.5 Å². The second kappa shape index (κ2) is 11.9. The summed E-state index contributed by atoms with van der Waals surface area (Å²) >= 11 is 11.2. The van der Waals surface area contributed by atoms with Crippen LogP contribution in [0.15, 0.2) is 119 Å². The molecule has 5 aromatic carbocycles. The molecule has 11 rings (SSSR count). The Labute approximate surface area is 321 Å². The van der Waals surface area contributed by atoms with Crippen molar-refractivity contribution >= 4 is 140 Å². The monoisotopic (exact) mass is 778 g/mol. The number of rotatable bonds is 6. The van der Waals surface area contributed by atoms with E-state index >= 15 is 0 Å². The van der Waals surface area contributed by atoms with Crippen LogP contribution < -0.4 is 21.6 Å². The zero-order chi connectivity index (χ0) is 34.5. The molecule has 0 bridgehead atoms. The van der Waals surface area contributed by atoms with Gasteiger partial charge in [-0.3, -0.25) is 10.9 Å². The van der Waals surface area contributed by atoms with Crippen molar-refractivity contribution in [2.24, 2.45) is 10.2 Å². The summed E-state index contributed by atoms with van der Waals surface area (Å²) in [5.41, 5.74) is 8.70. The molecular weight excluding hydrogens is 753 g/mol. The number of fused-ring (bicyclic) bond motifs is 8. The summed E-state index contributed by atoms with van der Waals surface area (Å²) in [6.07, 6.45) is 0. The Bertz CT molecular complexity index is 2980. The van der Waals surface area contributed by atoms with Crippen LogP contribution >= 0.6 is 68.0 Å². The average Bonchev–Trinajstić information content (AvgIpc) is 4.00. The van der Waals surface area contributed by atoms with E-state index in [-0.39, 0.29) is 0 Å². The van der Waals surface area contributed by atoms with Crippen LogP contribution in [0, 0.1) is 13.8 Å². The quantitative estimate of drug-likeness (QED) is 0.165. The molecule has 250 valence electrons. The maximum absolute atomic E-state index is 5.12. The average molecular weight is 779 g/mol. The number of anilines is 2. The summed E-state index contributed by atoms with van der Waals surface area (Å²) < 4.78 is 7.96. The Morgan fingerprint density at radius 1 is 0.385 bits per heavy atom. The van der Waals surface area contributed by atoms with E-state index in [0.29, 0.717) is 0 Å². The zero-order valence-corrected chi connectivity index (χ0v) is 32.6. The molecular formula is C42H26N4S6. The molecule has 0 atom stereocenters. The molecule has 4 nitrogen and oxygen atoms in total. The minimum Gasteiger partial charge on any atom is -0.278 e. The van der Waals surface area contributed by atoms with E-state index in [0.717, 1.165) is 32.9 Å². The first-order valence-electron chi connectivity index (χ1n) is 16.8. The van der Waals surface area contributed by atoms with Crippen molar-refractivity contribution in [2.45, 2.75) is 13.8 Å². The van der Waals surface area contributed by atoms with Crippen LogP contribution in [0.5, 0.6) is 0 Å². The highest BCUT2D eigenvalue weighted by Gasteiger charge is 2.21. The summed E-state index contributed by atoms with van der Waals surface area (Å²) in [5.74, 6) is 0. The Balaban J connectivity index is 1.16. The lowest BCUT2D eigenvalue weighted by Crippen LogP contribution is -2.05. The third-order valence-electron chi connectivity index (χ3n) is 9.42. The van der Waals surface area contributed by atoms with Crippen LogP contribution in [0.3, 0.4) is 0 Å². The van der Waals surface area contributed by atoms with Crippen LogP contribution in [-0.4, -0.2) is 0 Å². The number of benzene rings is 3. The fourth-order valence-corrected chi connectivity index (χ4v) is 14.3. The third kappa shape index (κ3) is 5.01. The Kier molecular flexibility index (Phi) is 7.09. The molecule has 52 heavy (non-hydrogen) atoms. The summed E-state index contributed by atoms with van der Waals surface area (Å²) in [7, 11) is 0. The zero-order valence-electron chi connectivity index (χ0n) is 27.7. The van der Waals surface area contributed by atoms with Crippen molar-refractivity contribution in [1.82, 2.24) is 0 Å². The van der Waals surface area contributed by atoms with E-state index in [9.17, 15) is 0 Å². The Morgan fingerprint density at radius 2 is 0.788 bits per heavy atom. The highest BCUT2D eigenvalue weighted by molar-refractivity contribution is 7.33. The first kappa shape index (κ1) is 30.9. The second-order valence-corrected chi connectivity index (χ2v) is 19.8. The van der Waals surface area contributed by atoms with Crippen LogP contribution in [0.1, 0.15) is 9.75 Å². The number of hydrogen-bond donors (Lipinski definition) is 2. The lowest BCUT2D eigenvalue weighted by molar-refractivity contribution is 1.25. The van der Waals surface area contributed by atoms with Gasteiger partial charge >= 0.3 is 0 Å². The van der Waals surface area contributed by atoms with Crippen molar-refractivity contribution in [3.63, 3.8) is 0 Å². The van der Waals surface area contributed by atoms with E-state index < -0.39 is 0 Å². The number of nitrogens with one attached hydrogen (secondary N) is 2. The Hall–Kier alpha value is -4.68. The summed E-state index contributed by atoms with van der Waals surface area (Å²) in [4.78, 5) is 7.90. The normalized spacial score (nSPS) is 13.0. The summed E-state index contributed by atoms with van der Waals surface area (Å²) in [6.45, 7) is 4.37. The SMILES string of the molecule is Cc1cc2sc(-c3cc4/c(=N\Nc5ccccc5)c5cc6c(cc5c4s3)/c(=N/Nc3ccccc3)c3cc(-c4cc5sc(C)cc5s4)sc36)cc2s1. The van der Waals surface area contributed by atoms with Crippen LogP contribution in [0.25, 0.3) is 80.0 Å². The molecule has 6 aromatic heterocycles. The van der Waals surface area contributed by atoms with Gasteiger partial charge in [0.15, 0.2) is 0 Å². The number of nitrogens with zero attached hydrogens (tertiary/aromatic N) is 2. The minimum atomic E-state index is 0.966. The summed E-state index contributed by atoms with van der Waals surface area (Å²) in [6, 6.07) is 39.2. The van der Waals surface area contributed by atoms with Gasteiger partial charge in [-0.15, -0.1) is 68.0 Å². The van der Waals surface area contributed by atoms with Gasteiger partial charge in [-0.25, -0.2) is 0 Å². The van der Waals surface area contributed by atoms with E-state index in [1.807, 2.05) is 104 Å². The Morgan fingerprint density at radius 3 is 1.21 bits per heavy atom. The number of aryl methyl sites for hydroxylation is 2. The first-order chi connectivity index (χ1) is 25.5. The number of thiophene rings is 6. The molecule has 10 heteroatoms. The van der Waals surface area contributed by atoms with Gasteiger partial charge in [0.05, 0.1) is 22.1 Å². The largest absolute Gasteiger partial charge is 0.278 e. The maximum Gasteiger partial charge on any atom is 0.0999 e. The predicted octanol–water partition coefficient (Wildman–Crippen LogP) is 13.7.